The number of benzene rings is 1. The standard InChI is InChI=1S/C24H24BrN9O3/c25-19-2-1-3-20(30-19)31-23(35)29-16-6-4-15(5-7-16)18-12-17(34-21(18)22(26)27-14-28-34)13-32-8-10-33(11-9-32)24(36)37/h1-7,12,14H,8-11,13H2,(H,36,37)(H2,26,27,28)(H2,29,30,31,35). The zero-order valence-corrected chi connectivity index (χ0v) is 21.2. The third-order valence-electron chi connectivity index (χ3n) is 6.10. The first-order chi connectivity index (χ1) is 17.9. The zero-order valence-electron chi connectivity index (χ0n) is 19.6. The van der Waals surface area contributed by atoms with Gasteiger partial charge >= 0.3 is 12.1 Å². The molecule has 1 fully saturated rings. The van der Waals surface area contributed by atoms with Crippen LogP contribution in [-0.4, -0.2) is 72.8 Å². The Balaban J connectivity index is 1.33. The molecule has 1 aromatic carbocycles. The molecule has 0 unspecified atom stereocenters. The maximum atomic E-state index is 12.4. The van der Waals surface area contributed by atoms with Gasteiger partial charge in [0, 0.05) is 44.0 Å². The number of nitrogen functional groups attached to an aromatic ring is 1. The number of amides is 3. The van der Waals surface area contributed by atoms with E-state index in [1.54, 1.807) is 34.8 Å². The number of carbonyl (C=O) groups is 2. The molecule has 4 aromatic rings. The molecule has 1 aliphatic heterocycles. The molecule has 5 N–H and O–H groups in total. The minimum absolute atomic E-state index is 0.357. The van der Waals surface area contributed by atoms with E-state index < -0.39 is 12.1 Å². The highest BCUT2D eigenvalue weighted by Gasteiger charge is 2.23. The van der Waals surface area contributed by atoms with E-state index in [1.165, 1.54) is 11.2 Å². The summed E-state index contributed by atoms with van der Waals surface area (Å²) in [5.74, 6) is 0.784. The van der Waals surface area contributed by atoms with Crippen molar-refractivity contribution >= 4 is 50.9 Å². The highest BCUT2D eigenvalue weighted by atomic mass is 79.9. The van der Waals surface area contributed by atoms with Gasteiger partial charge in [0.15, 0.2) is 5.82 Å². The number of hydrogen-bond acceptors (Lipinski definition) is 7. The number of carboxylic acid groups (broad SMARTS) is 1. The fourth-order valence-electron chi connectivity index (χ4n) is 4.28. The van der Waals surface area contributed by atoms with Crippen LogP contribution >= 0.6 is 15.9 Å². The Labute approximate surface area is 220 Å². The van der Waals surface area contributed by atoms with Crippen molar-refractivity contribution in [2.24, 2.45) is 0 Å². The lowest BCUT2D eigenvalue weighted by atomic mass is 10.1. The van der Waals surface area contributed by atoms with E-state index in [4.69, 9.17) is 5.73 Å². The minimum Gasteiger partial charge on any atom is -0.465 e. The van der Waals surface area contributed by atoms with Crippen LogP contribution in [0.3, 0.4) is 0 Å². The summed E-state index contributed by atoms with van der Waals surface area (Å²) >= 11 is 3.28. The van der Waals surface area contributed by atoms with Crippen LogP contribution in [0.4, 0.5) is 26.9 Å². The molecule has 0 spiro atoms. The van der Waals surface area contributed by atoms with Gasteiger partial charge in [-0.2, -0.15) is 5.10 Å². The Kier molecular flexibility index (Phi) is 6.88. The van der Waals surface area contributed by atoms with Crippen LogP contribution < -0.4 is 16.4 Å². The predicted octanol–water partition coefficient (Wildman–Crippen LogP) is 3.58. The van der Waals surface area contributed by atoms with Crippen LogP contribution in [0, 0.1) is 0 Å². The van der Waals surface area contributed by atoms with Crippen molar-refractivity contribution in [2.45, 2.75) is 6.54 Å². The van der Waals surface area contributed by atoms with Crippen molar-refractivity contribution in [1.29, 1.82) is 0 Å². The van der Waals surface area contributed by atoms with Gasteiger partial charge in [-0.1, -0.05) is 18.2 Å². The number of nitrogens with zero attached hydrogens (tertiary/aromatic N) is 6. The molecule has 0 radical (unpaired) electrons. The number of hydrogen-bond donors (Lipinski definition) is 4. The van der Waals surface area contributed by atoms with Gasteiger partial charge in [0.25, 0.3) is 0 Å². The maximum Gasteiger partial charge on any atom is 0.407 e. The SMILES string of the molecule is Nc1ncnn2c(CN3CCN(C(=O)O)CC3)cc(-c3ccc(NC(=O)Nc4cccc(Br)n4)cc3)c12. The van der Waals surface area contributed by atoms with Crippen molar-refractivity contribution in [2.75, 3.05) is 42.5 Å². The molecule has 0 aliphatic carbocycles. The Morgan fingerprint density at radius 2 is 1.81 bits per heavy atom. The van der Waals surface area contributed by atoms with Crippen molar-refractivity contribution in [3.05, 3.63) is 65.2 Å². The number of halogens is 1. The highest BCUT2D eigenvalue weighted by molar-refractivity contribution is 9.10. The number of aromatic nitrogens is 4. The van der Waals surface area contributed by atoms with Gasteiger partial charge in [0.05, 0.1) is 5.69 Å². The molecule has 190 valence electrons. The highest BCUT2D eigenvalue weighted by Crippen LogP contribution is 2.31. The summed E-state index contributed by atoms with van der Waals surface area (Å²) in [5, 5.41) is 19.1. The van der Waals surface area contributed by atoms with Gasteiger partial charge in [0.1, 0.15) is 22.3 Å². The van der Waals surface area contributed by atoms with Gasteiger partial charge in [-0.05, 0) is 51.8 Å². The van der Waals surface area contributed by atoms with Gasteiger partial charge < -0.3 is 21.1 Å². The fourth-order valence-corrected chi connectivity index (χ4v) is 4.63. The Bertz CT molecular complexity index is 1450. The molecule has 3 amide bonds. The van der Waals surface area contributed by atoms with Crippen LogP contribution in [0.1, 0.15) is 5.69 Å². The van der Waals surface area contributed by atoms with Crippen LogP contribution in [0.25, 0.3) is 16.6 Å². The van der Waals surface area contributed by atoms with Crippen LogP contribution in [0.5, 0.6) is 0 Å². The van der Waals surface area contributed by atoms with E-state index in [9.17, 15) is 14.7 Å². The van der Waals surface area contributed by atoms with E-state index in [0.29, 0.717) is 60.2 Å². The zero-order chi connectivity index (χ0) is 25.9. The predicted molar refractivity (Wildman–Crippen MR) is 142 cm³/mol. The number of anilines is 3. The van der Waals surface area contributed by atoms with E-state index in [-0.39, 0.29) is 0 Å². The molecule has 1 saturated heterocycles. The fraction of sp³-hybridized carbons (Fsp3) is 0.208. The van der Waals surface area contributed by atoms with E-state index in [1.807, 2.05) is 18.2 Å². The minimum atomic E-state index is -0.893. The monoisotopic (exact) mass is 565 g/mol. The largest absolute Gasteiger partial charge is 0.465 e. The summed E-state index contributed by atoms with van der Waals surface area (Å²) < 4.78 is 2.41. The van der Waals surface area contributed by atoms with Crippen LogP contribution in [0.2, 0.25) is 0 Å². The van der Waals surface area contributed by atoms with Gasteiger partial charge in [-0.15, -0.1) is 0 Å². The van der Waals surface area contributed by atoms with Crippen molar-refractivity contribution in [3.8, 4) is 11.1 Å². The first kappa shape index (κ1) is 24.5. The summed E-state index contributed by atoms with van der Waals surface area (Å²) in [6, 6.07) is 14.3. The number of urea groups is 1. The average molecular weight is 566 g/mol. The Morgan fingerprint density at radius 1 is 1.05 bits per heavy atom. The summed E-state index contributed by atoms with van der Waals surface area (Å²) in [6.45, 7) is 2.78. The molecule has 0 bridgehead atoms. The normalized spacial score (nSPS) is 14.0. The number of nitrogens with one attached hydrogen (secondary N) is 2. The number of piperazine rings is 1. The average Bonchev–Trinajstić information content (AvgIpc) is 3.24. The topological polar surface area (TPSA) is 154 Å². The first-order valence-electron chi connectivity index (χ1n) is 11.5. The molecular formula is C24H24BrN9O3. The Morgan fingerprint density at radius 3 is 2.51 bits per heavy atom. The number of nitrogens with two attached hydrogens (primary N) is 1. The summed E-state index contributed by atoms with van der Waals surface area (Å²) in [7, 11) is 0. The Hall–Kier alpha value is -4.23. The van der Waals surface area contributed by atoms with E-state index >= 15 is 0 Å². The molecule has 3 aromatic heterocycles. The smallest absolute Gasteiger partial charge is 0.407 e. The molecule has 4 heterocycles. The third kappa shape index (κ3) is 5.47. The van der Waals surface area contributed by atoms with Crippen molar-refractivity contribution < 1.29 is 14.7 Å². The van der Waals surface area contributed by atoms with Crippen LogP contribution in [-0.2, 0) is 6.54 Å². The summed E-state index contributed by atoms with van der Waals surface area (Å²) in [4.78, 5) is 35.5. The third-order valence-corrected chi connectivity index (χ3v) is 6.54. The summed E-state index contributed by atoms with van der Waals surface area (Å²) in [5.41, 5.74) is 10.2. The van der Waals surface area contributed by atoms with Gasteiger partial charge in [-0.3, -0.25) is 10.2 Å². The molecule has 12 nitrogen and oxygen atoms in total. The molecule has 0 saturated carbocycles. The molecular weight excluding hydrogens is 542 g/mol. The van der Waals surface area contributed by atoms with Gasteiger partial charge in [-0.25, -0.2) is 24.1 Å². The quantitative estimate of drug-likeness (QED) is 0.268. The van der Waals surface area contributed by atoms with Crippen LogP contribution in [0.15, 0.2) is 59.5 Å². The lowest BCUT2D eigenvalue weighted by Gasteiger charge is -2.32. The first-order valence-corrected chi connectivity index (χ1v) is 12.3. The molecule has 37 heavy (non-hydrogen) atoms. The lowest BCUT2D eigenvalue weighted by Crippen LogP contribution is -2.47. The molecule has 1 aliphatic rings. The van der Waals surface area contributed by atoms with Crippen molar-refractivity contribution in [3.63, 3.8) is 0 Å². The number of carbonyl (C=O) groups excluding carboxylic acids is 1. The van der Waals surface area contributed by atoms with E-state index in [2.05, 4.69) is 46.5 Å². The molecule has 13 heteroatoms. The van der Waals surface area contributed by atoms with E-state index in [0.717, 1.165) is 16.8 Å². The number of rotatable bonds is 5. The van der Waals surface area contributed by atoms with Gasteiger partial charge in [0.2, 0.25) is 0 Å². The van der Waals surface area contributed by atoms with Crippen molar-refractivity contribution in [1.82, 2.24) is 29.4 Å². The second-order valence-corrected chi connectivity index (χ2v) is 9.32. The maximum absolute atomic E-state index is 12.4. The summed E-state index contributed by atoms with van der Waals surface area (Å²) in [6.07, 6.45) is 0.528. The second kappa shape index (κ2) is 10.4. The number of pyridine rings is 1. The molecule has 0 atom stereocenters. The second-order valence-electron chi connectivity index (χ2n) is 8.50. The lowest BCUT2D eigenvalue weighted by molar-refractivity contribution is 0.102. The number of fused-ring (bicyclic) bond motifs is 1. The molecule has 5 rings (SSSR count).